The van der Waals surface area contributed by atoms with Crippen molar-refractivity contribution in [2.24, 2.45) is 5.41 Å². The van der Waals surface area contributed by atoms with Crippen LogP contribution in [0.1, 0.15) is 36.8 Å². The van der Waals surface area contributed by atoms with Crippen LogP contribution in [0, 0.1) is 12.3 Å². The van der Waals surface area contributed by atoms with Gasteiger partial charge in [-0.25, -0.2) is 4.52 Å². The van der Waals surface area contributed by atoms with Gasteiger partial charge in [-0.1, -0.05) is 26.8 Å². The molecule has 16 heavy (non-hydrogen) atoms. The van der Waals surface area contributed by atoms with Crippen LogP contribution in [0.2, 0.25) is 0 Å². The molecule has 0 aliphatic heterocycles. The molecule has 0 aliphatic carbocycles. The van der Waals surface area contributed by atoms with Gasteiger partial charge in [0.1, 0.15) is 0 Å². The van der Waals surface area contributed by atoms with Crippen LogP contribution in [0.5, 0.6) is 0 Å². The Morgan fingerprint density at radius 2 is 2.00 bits per heavy atom. The molecule has 0 N–H and O–H groups in total. The SMILES string of the molecule is Cc1nn2ccccc2c1C(=O)C(C)(C)C. The van der Waals surface area contributed by atoms with Crippen LogP contribution in [0.25, 0.3) is 5.52 Å². The van der Waals surface area contributed by atoms with Crippen LogP contribution in [0.3, 0.4) is 0 Å². The molecule has 0 radical (unpaired) electrons. The van der Waals surface area contributed by atoms with Gasteiger partial charge in [-0.05, 0) is 19.1 Å². The Morgan fingerprint density at radius 3 is 2.62 bits per heavy atom. The van der Waals surface area contributed by atoms with Gasteiger partial charge in [0, 0.05) is 11.6 Å². The zero-order chi connectivity index (χ0) is 11.9. The van der Waals surface area contributed by atoms with Crippen LogP contribution in [-0.4, -0.2) is 15.4 Å². The number of aryl methyl sites for hydroxylation is 1. The Labute approximate surface area is 95.1 Å². The molecule has 3 heteroatoms. The van der Waals surface area contributed by atoms with Crippen LogP contribution in [0.15, 0.2) is 24.4 Å². The molecule has 2 rings (SSSR count). The summed E-state index contributed by atoms with van der Waals surface area (Å²) in [5.74, 6) is 0.145. The van der Waals surface area contributed by atoms with E-state index in [0.717, 1.165) is 16.8 Å². The van der Waals surface area contributed by atoms with Gasteiger partial charge in [0.15, 0.2) is 5.78 Å². The quantitative estimate of drug-likeness (QED) is 0.687. The fraction of sp³-hybridized carbons (Fsp3) is 0.385. The number of aromatic nitrogens is 2. The minimum Gasteiger partial charge on any atom is -0.293 e. The second-order valence-corrected chi connectivity index (χ2v) is 5.07. The summed E-state index contributed by atoms with van der Waals surface area (Å²) in [5.41, 5.74) is 2.06. The van der Waals surface area contributed by atoms with Crippen molar-refractivity contribution in [3.63, 3.8) is 0 Å². The number of pyridine rings is 1. The summed E-state index contributed by atoms with van der Waals surface area (Å²) in [6.07, 6.45) is 1.86. The summed E-state index contributed by atoms with van der Waals surface area (Å²) in [6.45, 7) is 7.68. The predicted molar refractivity (Wildman–Crippen MR) is 63.7 cm³/mol. The van der Waals surface area contributed by atoms with Crippen molar-refractivity contribution in [1.82, 2.24) is 9.61 Å². The highest BCUT2D eigenvalue weighted by atomic mass is 16.1. The molecular formula is C13H16N2O. The maximum atomic E-state index is 12.3. The van der Waals surface area contributed by atoms with Gasteiger partial charge in [0.05, 0.1) is 16.8 Å². The predicted octanol–water partition coefficient (Wildman–Crippen LogP) is 2.87. The van der Waals surface area contributed by atoms with Crippen LogP contribution < -0.4 is 0 Å². The Hall–Kier alpha value is -1.64. The minimum absolute atomic E-state index is 0.145. The number of nitrogens with zero attached hydrogens (tertiary/aromatic N) is 2. The third kappa shape index (κ3) is 1.62. The third-order valence-corrected chi connectivity index (χ3v) is 2.62. The lowest BCUT2D eigenvalue weighted by molar-refractivity contribution is 0.0859. The van der Waals surface area contributed by atoms with Crippen molar-refractivity contribution in [2.45, 2.75) is 27.7 Å². The van der Waals surface area contributed by atoms with E-state index in [1.807, 2.05) is 52.1 Å². The van der Waals surface area contributed by atoms with E-state index in [0.29, 0.717) is 0 Å². The third-order valence-electron chi connectivity index (χ3n) is 2.62. The van der Waals surface area contributed by atoms with Gasteiger partial charge in [-0.2, -0.15) is 5.10 Å². The van der Waals surface area contributed by atoms with E-state index in [2.05, 4.69) is 5.10 Å². The van der Waals surface area contributed by atoms with E-state index in [1.54, 1.807) is 4.52 Å². The highest BCUT2D eigenvalue weighted by Gasteiger charge is 2.27. The standard InChI is InChI=1S/C13H16N2O/c1-9-11(12(16)13(2,3)4)10-7-5-6-8-15(10)14-9/h5-8H,1-4H3. The van der Waals surface area contributed by atoms with E-state index in [4.69, 9.17) is 0 Å². The van der Waals surface area contributed by atoms with Crippen molar-refractivity contribution in [3.8, 4) is 0 Å². The van der Waals surface area contributed by atoms with Gasteiger partial charge >= 0.3 is 0 Å². The second kappa shape index (κ2) is 3.44. The molecule has 0 fully saturated rings. The van der Waals surface area contributed by atoms with Crippen molar-refractivity contribution in [1.29, 1.82) is 0 Å². The summed E-state index contributed by atoms with van der Waals surface area (Å²) in [4.78, 5) is 12.3. The Morgan fingerprint density at radius 1 is 1.31 bits per heavy atom. The number of carbonyl (C=O) groups is 1. The summed E-state index contributed by atoms with van der Waals surface area (Å²) in [7, 11) is 0. The van der Waals surface area contributed by atoms with E-state index >= 15 is 0 Å². The number of rotatable bonds is 1. The Bertz CT molecular complexity index is 547. The van der Waals surface area contributed by atoms with Gasteiger partial charge in [0.2, 0.25) is 0 Å². The van der Waals surface area contributed by atoms with Crippen molar-refractivity contribution < 1.29 is 4.79 Å². The molecule has 0 bridgehead atoms. The molecule has 0 aliphatic rings. The van der Waals surface area contributed by atoms with Crippen LogP contribution in [-0.2, 0) is 0 Å². The topological polar surface area (TPSA) is 34.4 Å². The number of fused-ring (bicyclic) bond motifs is 1. The number of Topliss-reactive ketones (excluding diaryl/α,β-unsaturated/α-hetero) is 1. The highest BCUT2D eigenvalue weighted by Crippen LogP contribution is 2.25. The van der Waals surface area contributed by atoms with Crippen molar-refractivity contribution >= 4 is 11.3 Å². The molecule has 2 aromatic rings. The molecule has 84 valence electrons. The zero-order valence-electron chi connectivity index (χ0n) is 10.1. The smallest absolute Gasteiger partial charge is 0.172 e. The molecule has 0 saturated heterocycles. The molecule has 3 nitrogen and oxygen atoms in total. The van der Waals surface area contributed by atoms with E-state index < -0.39 is 0 Å². The first-order chi connectivity index (χ1) is 7.41. The highest BCUT2D eigenvalue weighted by molar-refractivity contribution is 6.06. The summed E-state index contributed by atoms with van der Waals surface area (Å²) < 4.78 is 1.76. The molecule has 2 aromatic heterocycles. The second-order valence-electron chi connectivity index (χ2n) is 5.07. The summed E-state index contributed by atoms with van der Waals surface area (Å²) in [5, 5.41) is 4.34. The van der Waals surface area contributed by atoms with E-state index in [9.17, 15) is 4.79 Å². The number of ketones is 1. The molecular weight excluding hydrogens is 200 g/mol. The van der Waals surface area contributed by atoms with E-state index in [-0.39, 0.29) is 11.2 Å². The minimum atomic E-state index is -0.371. The Balaban J connectivity index is 2.69. The molecule has 0 spiro atoms. The fourth-order valence-corrected chi connectivity index (χ4v) is 1.77. The maximum Gasteiger partial charge on any atom is 0.172 e. The molecule has 0 amide bonds. The lowest BCUT2D eigenvalue weighted by atomic mass is 9.86. The van der Waals surface area contributed by atoms with Crippen molar-refractivity contribution in [3.05, 3.63) is 35.7 Å². The van der Waals surface area contributed by atoms with Gasteiger partial charge in [0.25, 0.3) is 0 Å². The monoisotopic (exact) mass is 216 g/mol. The molecule has 0 unspecified atom stereocenters. The zero-order valence-corrected chi connectivity index (χ0v) is 10.1. The van der Waals surface area contributed by atoms with Gasteiger partial charge in [-0.3, -0.25) is 4.79 Å². The first-order valence-electron chi connectivity index (χ1n) is 5.40. The lowest BCUT2D eigenvalue weighted by Gasteiger charge is -2.16. The molecule has 0 aromatic carbocycles. The first-order valence-corrected chi connectivity index (χ1v) is 5.40. The molecule has 2 heterocycles. The molecule has 0 atom stereocenters. The number of carbonyl (C=O) groups excluding carboxylic acids is 1. The summed E-state index contributed by atoms with van der Waals surface area (Å²) in [6, 6.07) is 5.76. The first kappa shape index (κ1) is 10.9. The number of hydrogen-bond acceptors (Lipinski definition) is 2. The average Bonchev–Trinajstić information content (AvgIpc) is 2.51. The molecule has 0 saturated carbocycles. The lowest BCUT2D eigenvalue weighted by Crippen LogP contribution is -2.20. The van der Waals surface area contributed by atoms with Crippen LogP contribution >= 0.6 is 0 Å². The van der Waals surface area contributed by atoms with Gasteiger partial charge < -0.3 is 0 Å². The number of hydrogen-bond donors (Lipinski definition) is 0. The maximum absolute atomic E-state index is 12.3. The normalized spacial score (nSPS) is 12.0. The summed E-state index contributed by atoms with van der Waals surface area (Å²) >= 11 is 0. The van der Waals surface area contributed by atoms with Gasteiger partial charge in [-0.15, -0.1) is 0 Å². The van der Waals surface area contributed by atoms with E-state index in [1.165, 1.54) is 0 Å². The van der Waals surface area contributed by atoms with Crippen molar-refractivity contribution in [2.75, 3.05) is 0 Å². The average molecular weight is 216 g/mol. The van der Waals surface area contributed by atoms with Crippen LogP contribution in [0.4, 0.5) is 0 Å². The largest absolute Gasteiger partial charge is 0.293 e. The Kier molecular flexibility index (Phi) is 2.34. The fourth-order valence-electron chi connectivity index (χ4n) is 1.77.